The van der Waals surface area contributed by atoms with Gasteiger partial charge < -0.3 is 19.9 Å². The van der Waals surface area contributed by atoms with E-state index in [1.54, 1.807) is 7.11 Å². The van der Waals surface area contributed by atoms with E-state index in [1.165, 1.54) is 22.3 Å². The van der Waals surface area contributed by atoms with Crippen molar-refractivity contribution in [2.45, 2.75) is 25.7 Å². The number of methoxy groups -OCH3 is 1. The fourth-order valence-corrected chi connectivity index (χ4v) is 2.99. The summed E-state index contributed by atoms with van der Waals surface area (Å²) < 4.78 is 16.3. The van der Waals surface area contributed by atoms with E-state index >= 15 is 0 Å². The Kier molecular flexibility index (Phi) is 5.72. The zero-order chi connectivity index (χ0) is 16.8. The molecule has 0 heterocycles. The molecular weight excluding hydrogens is 302 g/mol. The van der Waals surface area contributed by atoms with Gasteiger partial charge in [0.25, 0.3) is 0 Å². The third kappa shape index (κ3) is 4.28. The zero-order valence-corrected chi connectivity index (χ0v) is 14.2. The number of rotatable bonds is 6. The molecular formula is C20H25NO3. The van der Waals surface area contributed by atoms with Gasteiger partial charge in [0.15, 0.2) is 6.79 Å². The maximum absolute atomic E-state index is 6.18. The van der Waals surface area contributed by atoms with Crippen LogP contribution in [0, 0.1) is 0 Å². The molecule has 0 fully saturated rings. The highest BCUT2D eigenvalue weighted by Crippen LogP contribution is 2.26. The van der Waals surface area contributed by atoms with Crippen molar-refractivity contribution in [3.8, 4) is 5.75 Å². The van der Waals surface area contributed by atoms with Gasteiger partial charge in [-0.1, -0.05) is 24.3 Å². The van der Waals surface area contributed by atoms with Gasteiger partial charge in [0.05, 0.1) is 13.2 Å². The second kappa shape index (κ2) is 8.18. The van der Waals surface area contributed by atoms with Gasteiger partial charge in [0.1, 0.15) is 5.75 Å². The normalized spacial score (nSPS) is 13.5. The lowest BCUT2D eigenvalue weighted by molar-refractivity contribution is -0.00889. The van der Waals surface area contributed by atoms with Crippen molar-refractivity contribution in [1.29, 1.82) is 0 Å². The number of ether oxygens (including phenoxy) is 3. The van der Waals surface area contributed by atoms with Crippen LogP contribution in [0.5, 0.6) is 5.75 Å². The first-order valence-corrected chi connectivity index (χ1v) is 8.45. The van der Waals surface area contributed by atoms with Gasteiger partial charge in [0, 0.05) is 12.8 Å². The van der Waals surface area contributed by atoms with Crippen LogP contribution in [0.1, 0.15) is 22.3 Å². The molecule has 0 aromatic heterocycles. The van der Waals surface area contributed by atoms with Gasteiger partial charge in [0.2, 0.25) is 0 Å². The molecule has 4 aliphatic rings. The summed E-state index contributed by atoms with van der Waals surface area (Å²) in [6.07, 6.45) is 3.76. The summed E-state index contributed by atoms with van der Waals surface area (Å²) >= 11 is 0. The van der Waals surface area contributed by atoms with Gasteiger partial charge in [-0.05, 0) is 60.1 Å². The summed E-state index contributed by atoms with van der Waals surface area (Å²) in [5.41, 5.74) is 12.0. The Bertz CT molecular complexity index is 685. The molecule has 2 aromatic rings. The predicted molar refractivity (Wildman–Crippen MR) is 95.4 cm³/mol. The molecule has 4 heteroatoms. The molecule has 24 heavy (non-hydrogen) atoms. The average Bonchev–Trinajstić information content (AvgIpc) is 2.58. The summed E-state index contributed by atoms with van der Waals surface area (Å²) in [4.78, 5) is 0. The fourth-order valence-electron chi connectivity index (χ4n) is 2.99. The van der Waals surface area contributed by atoms with Crippen molar-refractivity contribution < 1.29 is 14.2 Å². The smallest absolute Gasteiger partial charge is 0.189 e. The Morgan fingerprint density at radius 2 is 1.58 bits per heavy atom. The average molecular weight is 327 g/mol. The summed E-state index contributed by atoms with van der Waals surface area (Å²) in [5, 5.41) is 0. The zero-order valence-electron chi connectivity index (χ0n) is 14.2. The first kappa shape index (κ1) is 16.8. The van der Waals surface area contributed by atoms with Gasteiger partial charge in [-0.3, -0.25) is 0 Å². The highest BCUT2D eigenvalue weighted by atomic mass is 16.7. The molecule has 4 nitrogen and oxygen atoms in total. The predicted octanol–water partition coefficient (Wildman–Crippen LogP) is 3.15. The van der Waals surface area contributed by atoms with Gasteiger partial charge in [-0.2, -0.15) is 0 Å². The summed E-state index contributed by atoms with van der Waals surface area (Å²) in [5.74, 6) is 0.924. The Balaban J connectivity index is 1.74. The Hall–Kier alpha value is -2.04. The van der Waals surface area contributed by atoms with E-state index in [0.717, 1.165) is 37.1 Å². The van der Waals surface area contributed by atoms with Crippen LogP contribution >= 0.6 is 0 Å². The molecule has 128 valence electrons. The largest absolute Gasteiger partial charge is 0.467 e. The summed E-state index contributed by atoms with van der Waals surface area (Å²) in [6.45, 7) is 1.37. The Morgan fingerprint density at radius 1 is 0.875 bits per heavy atom. The van der Waals surface area contributed by atoms with Crippen LogP contribution in [0.4, 0.5) is 5.69 Å². The molecule has 6 rings (SSSR count). The number of hydrogen-bond acceptors (Lipinski definition) is 4. The van der Waals surface area contributed by atoms with Crippen molar-refractivity contribution in [1.82, 2.24) is 0 Å². The van der Waals surface area contributed by atoms with Gasteiger partial charge >= 0.3 is 0 Å². The van der Waals surface area contributed by atoms with Gasteiger partial charge in [-0.15, -0.1) is 0 Å². The van der Waals surface area contributed by atoms with E-state index in [0.29, 0.717) is 13.2 Å². The third-order valence-electron chi connectivity index (χ3n) is 4.44. The van der Waals surface area contributed by atoms with E-state index in [9.17, 15) is 0 Å². The topological polar surface area (TPSA) is 53.7 Å². The van der Waals surface area contributed by atoms with E-state index < -0.39 is 0 Å². The lowest BCUT2D eigenvalue weighted by Gasteiger charge is -2.16. The van der Waals surface area contributed by atoms with Crippen LogP contribution in [-0.4, -0.2) is 27.1 Å². The molecule has 0 saturated heterocycles. The van der Waals surface area contributed by atoms with Crippen LogP contribution in [0.3, 0.4) is 0 Å². The molecule has 0 aliphatic heterocycles. The molecule has 0 radical (unpaired) electrons. The summed E-state index contributed by atoms with van der Waals surface area (Å²) in [6, 6.07) is 13.0. The lowest BCUT2D eigenvalue weighted by Crippen LogP contribution is -2.10. The molecule has 0 unspecified atom stereocenters. The number of aryl methyl sites for hydroxylation is 4. The number of anilines is 1. The number of nitrogens with two attached hydrogens (primary N) is 1. The van der Waals surface area contributed by atoms with Crippen molar-refractivity contribution >= 4 is 5.69 Å². The minimum absolute atomic E-state index is 0.251. The molecule has 0 spiro atoms. The minimum atomic E-state index is 0.251. The van der Waals surface area contributed by atoms with Crippen molar-refractivity contribution in [3.63, 3.8) is 0 Å². The highest BCUT2D eigenvalue weighted by molar-refractivity contribution is 5.50. The monoisotopic (exact) mass is 327 g/mol. The molecule has 4 bridgehead atoms. The second-order valence-corrected chi connectivity index (χ2v) is 6.14. The molecule has 0 atom stereocenters. The number of nitrogen functional groups attached to an aromatic ring is 1. The first-order chi connectivity index (χ1) is 11.8. The quantitative estimate of drug-likeness (QED) is 0.503. The van der Waals surface area contributed by atoms with Crippen LogP contribution in [0.15, 0.2) is 36.4 Å². The summed E-state index contributed by atoms with van der Waals surface area (Å²) in [7, 11) is 1.66. The highest BCUT2D eigenvalue weighted by Gasteiger charge is 2.10. The fraction of sp³-hybridized carbons (Fsp3) is 0.400. The van der Waals surface area contributed by atoms with Crippen LogP contribution in [0.2, 0.25) is 0 Å². The minimum Gasteiger partial charge on any atom is -0.467 e. The first-order valence-electron chi connectivity index (χ1n) is 8.45. The molecule has 4 aliphatic carbocycles. The van der Waals surface area contributed by atoms with E-state index in [2.05, 4.69) is 36.4 Å². The van der Waals surface area contributed by atoms with Gasteiger partial charge in [-0.25, -0.2) is 0 Å². The lowest BCUT2D eigenvalue weighted by atomic mass is 9.95. The van der Waals surface area contributed by atoms with E-state index in [4.69, 9.17) is 19.9 Å². The van der Waals surface area contributed by atoms with Crippen LogP contribution in [0.25, 0.3) is 0 Å². The van der Waals surface area contributed by atoms with Crippen LogP contribution < -0.4 is 10.5 Å². The van der Waals surface area contributed by atoms with Crippen LogP contribution in [-0.2, 0) is 35.2 Å². The Labute approximate surface area is 143 Å². The second-order valence-electron chi connectivity index (χ2n) is 6.14. The SMILES string of the molecule is COCCOCOc1cc2ccc1CCc1ccc(c(N)c1)CC2. The maximum Gasteiger partial charge on any atom is 0.189 e. The maximum atomic E-state index is 6.18. The Morgan fingerprint density at radius 3 is 2.33 bits per heavy atom. The van der Waals surface area contributed by atoms with E-state index in [-0.39, 0.29) is 6.79 Å². The molecule has 2 N–H and O–H groups in total. The number of benzene rings is 2. The molecule has 0 amide bonds. The van der Waals surface area contributed by atoms with Crippen molar-refractivity contribution in [2.24, 2.45) is 0 Å². The molecule has 2 aromatic carbocycles. The van der Waals surface area contributed by atoms with Crippen molar-refractivity contribution in [3.05, 3.63) is 58.7 Å². The van der Waals surface area contributed by atoms with E-state index in [1.807, 2.05) is 0 Å². The standard InChI is InChI=1S/C20H25NO3/c1-22-10-11-23-14-24-20-13-16-3-7-17-6-2-15(12-19(17)21)4-8-18(20)9-5-16/h2,5-6,9,12-13H,3-4,7-8,10-11,14,21H2,1H3. The third-order valence-corrected chi connectivity index (χ3v) is 4.44. The molecule has 0 saturated carbocycles. The van der Waals surface area contributed by atoms with Crippen molar-refractivity contribution in [2.75, 3.05) is 32.9 Å². The number of hydrogen-bond donors (Lipinski definition) is 1.